The van der Waals surface area contributed by atoms with E-state index in [0.29, 0.717) is 12.1 Å². The largest absolute Gasteiger partial charge is 0.466 e. The fraction of sp³-hybridized carbons (Fsp3) is 0.167. The first-order valence-electron chi connectivity index (χ1n) is 6.35. The Hall–Kier alpha value is -2.19. The molecule has 0 unspecified atom stereocenters. The number of anilines is 1. The lowest BCUT2D eigenvalue weighted by Crippen LogP contribution is -2.21. The molecule has 0 aliphatic rings. The summed E-state index contributed by atoms with van der Waals surface area (Å²) in [7, 11) is -6.80. The summed E-state index contributed by atoms with van der Waals surface area (Å²) in [5, 5.41) is 11.9. The molecule has 26 heavy (non-hydrogen) atoms. The van der Waals surface area contributed by atoms with Crippen LogP contribution in [0, 0.1) is 0 Å². The number of hydrogen-bond donors (Lipinski definition) is 3. The van der Waals surface area contributed by atoms with E-state index in [0.717, 1.165) is 20.3 Å². The number of ether oxygens (including phenoxy) is 2. The fourth-order valence-corrected chi connectivity index (χ4v) is 3.54. The van der Waals surface area contributed by atoms with E-state index in [1.165, 1.54) is 0 Å². The van der Waals surface area contributed by atoms with Crippen LogP contribution in [-0.2, 0) is 39.1 Å². The van der Waals surface area contributed by atoms with Crippen molar-refractivity contribution in [3.05, 3.63) is 28.9 Å². The Morgan fingerprint density at radius 2 is 1.58 bits per heavy atom. The van der Waals surface area contributed by atoms with Gasteiger partial charge in [-0.2, -0.15) is 0 Å². The Kier molecular flexibility index (Phi) is 6.73. The number of rotatable bonds is 6. The molecule has 14 heteroatoms. The van der Waals surface area contributed by atoms with Gasteiger partial charge in [0.1, 0.15) is 15.5 Å². The third-order valence-electron chi connectivity index (χ3n) is 2.79. The predicted molar refractivity (Wildman–Crippen MR) is 89.9 cm³/mol. The van der Waals surface area contributed by atoms with Crippen molar-refractivity contribution in [1.29, 1.82) is 0 Å². The number of esters is 2. The van der Waals surface area contributed by atoms with Crippen LogP contribution in [0.4, 0.5) is 5.69 Å². The molecule has 1 aromatic rings. The molecular weight excluding hydrogens is 414 g/mol. The first kappa shape index (κ1) is 21.9. The quantitative estimate of drug-likeness (QED) is 0.389. The molecule has 1 rings (SSSR count). The van der Waals surface area contributed by atoms with Gasteiger partial charge in [-0.25, -0.2) is 36.7 Å². The van der Waals surface area contributed by atoms with Crippen LogP contribution < -0.4 is 15.6 Å². The number of sulfonamides is 2. The number of carbonyl (C=O) groups is 2. The third kappa shape index (κ3) is 5.40. The van der Waals surface area contributed by atoms with Gasteiger partial charge < -0.3 is 14.8 Å². The molecule has 0 radical (unpaired) electrons. The Morgan fingerprint density at radius 3 is 2.00 bits per heavy atom. The van der Waals surface area contributed by atoms with Crippen molar-refractivity contribution in [2.45, 2.75) is 9.79 Å². The zero-order chi connectivity index (χ0) is 20.3. The summed E-state index contributed by atoms with van der Waals surface area (Å²) in [5.74, 6) is -2.01. The highest BCUT2D eigenvalue weighted by Crippen LogP contribution is 2.31. The van der Waals surface area contributed by atoms with E-state index in [1.807, 2.05) is 0 Å². The molecule has 0 bridgehead atoms. The number of nitrogens with one attached hydrogen (secondary N) is 1. The van der Waals surface area contributed by atoms with Crippen LogP contribution in [0.2, 0.25) is 5.02 Å². The van der Waals surface area contributed by atoms with Crippen LogP contribution in [0.5, 0.6) is 0 Å². The van der Waals surface area contributed by atoms with E-state index in [4.69, 9.17) is 21.9 Å². The molecule has 5 N–H and O–H groups in total. The molecule has 144 valence electrons. The van der Waals surface area contributed by atoms with Crippen molar-refractivity contribution in [2.75, 3.05) is 19.5 Å². The maximum atomic E-state index is 11.8. The van der Waals surface area contributed by atoms with Gasteiger partial charge in [0.05, 0.1) is 31.0 Å². The SMILES string of the molecule is COC(=O)/C=C(/Nc1cc(Cl)c(S(N)(=O)=O)cc1S(N)(=O)=O)C(=O)OC. The van der Waals surface area contributed by atoms with Crippen LogP contribution >= 0.6 is 11.6 Å². The molecule has 0 fully saturated rings. The Balaban J connectivity index is 3.66. The van der Waals surface area contributed by atoms with E-state index >= 15 is 0 Å². The van der Waals surface area contributed by atoms with Crippen LogP contribution in [0.25, 0.3) is 0 Å². The standard InChI is InChI=1S/C12H14ClN3O8S2/c1-23-11(17)4-8(12(18)24-2)16-7-3-6(13)9(25(14,19)20)5-10(7)26(15,21)22/h3-5,16H,1-2H3,(H2,14,19,20)(H2,15,21,22)/b8-4+. The summed E-state index contributed by atoms with van der Waals surface area (Å²) >= 11 is 5.80. The molecule has 0 amide bonds. The molecule has 0 atom stereocenters. The zero-order valence-electron chi connectivity index (χ0n) is 13.3. The van der Waals surface area contributed by atoms with Crippen LogP contribution in [0.15, 0.2) is 33.7 Å². The molecule has 0 saturated heterocycles. The van der Waals surface area contributed by atoms with Crippen molar-refractivity contribution in [3.63, 3.8) is 0 Å². The van der Waals surface area contributed by atoms with Gasteiger partial charge in [-0.3, -0.25) is 0 Å². The minimum Gasteiger partial charge on any atom is -0.466 e. The highest BCUT2D eigenvalue weighted by molar-refractivity contribution is 7.90. The molecule has 1 aromatic carbocycles. The van der Waals surface area contributed by atoms with E-state index in [2.05, 4.69) is 14.8 Å². The van der Waals surface area contributed by atoms with Gasteiger partial charge in [0, 0.05) is 0 Å². The number of nitrogens with two attached hydrogens (primary N) is 2. The third-order valence-corrected chi connectivity index (χ3v) is 5.11. The maximum absolute atomic E-state index is 11.8. The lowest BCUT2D eigenvalue weighted by Gasteiger charge is -2.14. The Labute approximate surface area is 154 Å². The zero-order valence-corrected chi connectivity index (χ0v) is 15.7. The second kappa shape index (κ2) is 8.01. The molecule has 0 heterocycles. The minimum atomic E-state index is -4.48. The molecule has 0 aliphatic carbocycles. The molecule has 11 nitrogen and oxygen atoms in total. The number of primary sulfonamides is 2. The maximum Gasteiger partial charge on any atom is 0.354 e. The summed E-state index contributed by atoms with van der Waals surface area (Å²) in [6.45, 7) is 0. The van der Waals surface area contributed by atoms with Crippen LogP contribution in [0.1, 0.15) is 0 Å². The van der Waals surface area contributed by atoms with E-state index in [-0.39, 0.29) is 0 Å². The summed E-state index contributed by atoms with van der Waals surface area (Å²) in [4.78, 5) is 21.7. The number of halogens is 1. The summed E-state index contributed by atoms with van der Waals surface area (Å²) in [5.41, 5.74) is -0.922. The Morgan fingerprint density at radius 1 is 1.04 bits per heavy atom. The molecule has 0 aliphatic heterocycles. The van der Waals surface area contributed by atoms with Gasteiger partial charge in [0.25, 0.3) is 0 Å². The van der Waals surface area contributed by atoms with Crippen LogP contribution in [0.3, 0.4) is 0 Å². The van der Waals surface area contributed by atoms with E-state index in [1.54, 1.807) is 0 Å². The van der Waals surface area contributed by atoms with E-state index in [9.17, 15) is 26.4 Å². The second-order valence-electron chi connectivity index (χ2n) is 4.57. The van der Waals surface area contributed by atoms with Crippen molar-refractivity contribution in [1.82, 2.24) is 0 Å². The van der Waals surface area contributed by atoms with Crippen molar-refractivity contribution in [3.8, 4) is 0 Å². The molecular formula is C12H14ClN3O8S2. The lowest BCUT2D eigenvalue weighted by atomic mass is 10.3. The van der Waals surface area contributed by atoms with Crippen molar-refractivity contribution in [2.24, 2.45) is 10.3 Å². The first-order chi connectivity index (χ1) is 11.8. The van der Waals surface area contributed by atoms with Gasteiger partial charge in [0.15, 0.2) is 0 Å². The monoisotopic (exact) mass is 427 g/mol. The summed E-state index contributed by atoms with van der Waals surface area (Å²) in [6, 6.07) is 1.47. The average Bonchev–Trinajstić information content (AvgIpc) is 2.50. The van der Waals surface area contributed by atoms with Crippen LogP contribution in [-0.4, -0.2) is 43.0 Å². The molecule has 0 aromatic heterocycles. The molecule has 0 saturated carbocycles. The number of carbonyl (C=O) groups excluding carboxylic acids is 2. The van der Waals surface area contributed by atoms with E-state index < -0.39 is 58.2 Å². The van der Waals surface area contributed by atoms with Gasteiger partial charge in [-0.15, -0.1) is 0 Å². The first-order valence-corrected chi connectivity index (χ1v) is 9.82. The number of benzene rings is 1. The van der Waals surface area contributed by atoms with Crippen molar-refractivity contribution < 1.29 is 35.9 Å². The lowest BCUT2D eigenvalue weighted by molar-refractivity contribution is -0.138. The predicted octanol–water partition coefficient (Wildman–Crippen LogP) is -0.723. The summed E-state index contributed by atoms with van der Waals surface area (Å²) < 4.78 is 55.4. The normalized spacial score (nSPS) is 12.4. The van der Waals surface area contributed by atoms with Gasteiger partial charge in [0.2, 0.25) is 20.0 Å². The highest BCUT2D eigenvalue weighted by atomic mass is 35.5. The van der Waals surface area contributed by atoms with Gasteiger partial charge >= 0.3 is 11.9 Å². The number of hydrogen-bond acceptors (Lipinski definition) is 9. The summed E-state index contributed by atoms with van der Waals surface area (Å²) in [6.07, 6.45) is 0.681. The topological polar surface area (TPSA) is 185 Å². The minimum absolute atomic E-state index is 0.398. The van der Waals surface area contributed by atoms with Gasteiger partial charge in [-0.1, -0.05) is 11.6 Å². The average molecular weight is 428 g/mol. The van der Waals surface area contributed by atoms with Gasteiger partial charge in [-0.05, 0) is 12.1 Å². The van der Waals surface area contributed by atoms with Crippen molar-refractivity contribution >= 4 is 49.3 Å². The fourth-order valence-electron chi connectivity index (χ4n) is 1.66. The number of methoxy groups -OCH3 is 2. The molecule has 0 spiro atoms. The second-order valence-corrected chi connectivity index (χ2v) is 8.03. The Bertz CT molecular complexity index is 986. The highest BCUT2D eigenvalue weighted by Gasteiger charge is 2.24. The smallest absolute Gasteiger partial charge is 0.354 e.